The summed E-state index contributed by atoms with van der Waals surface area (Å²) in [5.41, 5.74) is 17.7. The largest absolute Gasteiger partial charge is 0.310 e. The van der Waals surface area contributed by atoms with Crippen molar-refractivity contribution in [3.63, 3.8) is 0 Å². The van der Waals surface area contributed by atoms with Crippen LogP contribution in [0.5, 0.6) is 0 Å². The molecular formula is C59H54N2Si2. The minimum atomic E-state index is -2.03. The molecule has 0 bridgehead atoms. The SMILES string of the molecule is C[Si](C)(C)C1([Si](C)(C)C)c2cc(N(c3ccccc3)c3ccc(-c4ccccc4)cc3)ccc2-c2ccc3cc(N(c4ccccc4)c4ccc(-c5ccccc5)cc4)ccc3c21. The van der Waals surface area contributed by atoms with Crippen LogP contribution < -0.4 is 9.80 Å². The van der Waals surface area contributed by atoms with E-state index in [1.165, 1.54) is 55.4 Å². The molecule has 9 aromatic rings. The predicted octanol–water partition coefficient (Wildman–Crippen LogP) is 17.1. The molecule has 0 atom stereocenters. The van der Waals surface area contributed by atoms with Crippen molar-refractivity contribution >= 4 is 61.0 Å². The highest BCUT2D eigenvalue weighted by Crippen LogP contribution is 2.60. The normalized spacial score (nSPS) is 13.0. The van der Waals surface area contributed by atoms with Crippen LogP contribution in [-0.2, 0) is 4.66 Å². The highest BCUT2D eigenvalue weighted by molar-refractivity contribution is 7.00. The first-order valence-corrected chi connectivity index (χ1v) is 29.3. The second kappa shape index (κ2) is 15.9. The predicted molar refractivity (Wildman–Crippen MR) is 277 cm³/mol. The number of anilines is 6. The van der Waals surface area contributed by atoms with Crippen LogP contribution in [0.3, 0.4) is 0 Å². The summed E-state index contributed by atoms with van der Waals surface area (Å²) in [6.45, 7) is 15.7. The van der Waals surface area contributed by atoms with Gasteiger partial charge < -0.3 is 9.80 Å². The summed E-state index contributed by atoms with van der Waals surface area (Å²) in [4.78, 5) is 4.85. The zero-order valence-electron chi connectivity index (χ0n) is 37.2. The fourth-order valence-corrected chi connectivity index (χ4v) is 24.1. The highest BCUT2D eigenvalue weighted by atomic mass is 28.4. The molecule has 0 saturated heterocycles. The van der Waals surface area contributed by atoms with Crippen molar-refractivity contribution < 1.29 is 0 Å². The molecule has 0 saturated carbocycles. The van der Waals surface area contributed by atoms with E-state index < -0.39 is 16.1 Å². The third-order valence-corrected chi connectivity index (χ3v) is 23.4. The number of rotatable bonds is 10. The molecule has 0 aromatic heterocycles. The van der Waals surface area contributed by atoms with Crippen LogP contribution in [0.1, 0.15) is 11.1 Å². The van der Waals surface area contributed by atoms with Crippen LogP contribution in [-0.4, -0.2) is 16.1 Å². The van der Waals surface area contributed by atoms with Crippen molar-refractivity contribution in [1.29, 1.82) is 0 Å². The summed E-state index contributed by atoms with van der Waals surface area (Å²) in [6.07, 6.45) is 0. The lowest BCUT2D eigenvalue weighted by Gasteiger charge is -2.51. The quantitative estimate of drug-likeness (QED) is 0.127. The van der Waals surface area contributed by atoms with Gasteiger partial charge in [-0.15, -0.1) is 0 Å². The van der Waals surface area contributed by atoms with E-state index in [2.05, 4.69) is 267 Å². The van der Waals surface area contributed by atoms with Crippen molar-refractivity contribution in [2.24, 2.45) is 0 Å². The molecule has 0 amide bonds. The second-order valence-electron chi connectivity index (χ2n) is 19.0. The maximum Gasteiger partial charge on any atom is 0.0579 e. The first kappa shape index (κ1) is 40.4. The molecule has 9 aromatic carbocycles. The Bertz CT molecular complexity index is 3030. The summed E-state index contributed by atoms with van der Waals surface area (Å²) in [5.74, 6) is 0. The molecule has 0 unspecified atom stereocenters. The minimum absolute atomic E-state index is 0.0619. The fraction of sp³-hybridized carbons (Fsp3) is 0.119. The molecule has 0 aliphatic heterocycles. The molecule has 1 aliphatic rings. The number of para-hydroxylation sites is 2. The number of benzene rings is 9. The van der Waals surface area contributed by atoms with Gasteiger partial charge in [-0.3, -0.25) is 0 Å². The molecular weight excluding hydrogens is 793 g/mol. The van der Waals surface area contributed by atoms with E-state index >= 15 is 0 Å². The first-order chi connectivity index (χ1) is 30.5. The van der Waals surface area contributed by atoms with Crippen LogP contribution in [0.25, 0.3) is 44.2 Å². The number of hydrogen-bond donors (Lipinski definition) is 0. The average molecular weight is 847 g/mol. The van der Waals surface area contributed by atoms with Crippen LogP contribution in [0.15, 0.2) is 218 Å². The lowest BCUT2D eigenvalue weighted by molar-refractivity contribution is 0.961. The van der Waals surface area contributed by atoms with E-state index in [1.54, 1.807) is 5.56 Å². The third kappa shape index (κ3) is 6.95. The molecule has 63 heavy (non-hydrogen) atoms. The van der Waals surface area contributed by atoms with Gasteiger partial charge in [0.2, 0.25) is 0 Å². The van der Waals surface area contributed by atoms with Gasteiger partial charge in [-0.1, -0.05) is 185 Å². The van der Waals surface area contributed by atoms with Gasteiger partial charge in [0.05, 0.1) is 16.1 Å². The van der Waals surface area contributed by atoms with Gasteiger partial charge in [0.1, 0.15) is 0 Å². The molecule has 1 aliphatic carbocycles. The van der Waals surface area contributed by atoms with Gasteiger partial charge in [-0.2, -0.15) is 0 Å². The summed E-state index contributed by atoms with van der Waals surface area (Å²) in [7, 11) is -4.06. The molecule has 0 heterocycles. The Hall–Kier alpha value is -6.73. The Balaban J connectivity index is 1.12. The van der Waals surface area contributed by atoms with Gasteiger partial charge in [0, 0.05) is 38.8 Å². The molecule has 0 spiro atoms. The standard InChI is InChI=1S/C59H54N2Si2/c1-62(2,3)59(63(4,5)6)57-42-53(61(49-25-17-10-18-26-49)51-34-29-46(30-35-51)44-21-13-8-14-22-44)37-40-55(57)56-38-31-47-41-52(36-39-54(47)58(56)59)60(48-23-15-9-16-24-48)50-32-27-45(28-33-50)43-19-11-7-12-20-43/h7-42H,1-6H3. The van der Waals surface area contributed by atoms with Crippen molar-refractivity contribution in [2.45, 2.75) is 43.9 Å². The summed E-state index contributed by atoms with van der Waals surface area (Å²) < 4.78 is -0.0619. The highest BCUT2D eigenvalue weighted by Gasteiger charge is 2.59. The van der Waals surface area contributed by atoms with Crippen molar-refractivity contribution in [2.75, 3.05) is 9.80 Å². The van der Waals surface area contributed by atoms with Gasteiger partial charge in [-0.05, 0) is 128 Å². The van der Waals surface area contributed by atoms with E-state index in [9.17, 15) is 0 Å². The Labute approximate surface area is 375 Å². The zero-order chi connectivity index (χ0) is 43.3. The summed E-state index contributed by atoms with van der Waals surface area (Å²) in [5, 5.41) is 2.66. The summed E-state index contributed by atoms with van der Waals surface area (Å²) >= 11 is 0. The van der Waals surface area contributed by atoms with Crippen molar-refractivity contribution in [3.8, 4) is 33.4 Å². The molecule has 0 N–H and O–H groups in total. The van der Waals surface area contributed by atoms with E-state index in [-0.39, 0.29) is 4.66 Å². The smallest absolute Gasteiger partial charge is 0.0579 e. The molecule has 0 radical (unpaired) electrons. The number of nitrogens with zero attached hydrogens (tertiary/aromatic N) is 2. The van der Waals surface area contributed by atoms with Crippen LogP contribution in [0.4, 0.5) is 34.1 Å². The lowest BCUT2D eigenvalue weighted by atomic mass is 9.97. The molecule has 2 nitrogen and oxygen atoms in total. The van der Waals surface area contributed by atoms with Gasteiger partial charge in [0.25, 0.3) is 0 Å². The Morgan fingerprint density at radius 1 is 0.317 bits per heavy atom. The van der Waals surface area contributed by atoms with E-state index in [0.29, 0.717) is 0 Å². The zero-order valence-corrected chi connectivity index (χ0v) is 39.2. The van der Waals surface area contributed by atoms with E-state index in [0.717, 1.165) is 28.4 Å². The van der Waals surface area contributed by atoms with Crippen LogP contribution >= 0.6 is 0 Å². The Kier molecular flexibility index (Phi) is 10.2. The van der Waals surface area contributed by atoms with Gasteiger partial charge >= 0.3 is 0 Å². The average Bonchev–Trinajstić information content (AvgIpc) is 3.63. The maximum atomic E-state index is 2.62. The van der Waals surface area contributed by atoms with Gasteiger partial charge in [-0.25, -0.2) is 0 Å². The monoisotopic (exact) mass is 846 g/mol. The number of fused-ring (bicyclic) bond motifs is 5. The third-order valence-electron chi connectivity index (χ3n) is 13.3. The Morgan fingerprint density at radius 2 is 0.683 bits per heavy atom. The Morgan fingerprint density at radius 3 is 1.14 bits per heavy atom. The topological polar surface area (TPSA) is 6.48 Å². The van der Waals surface area contributed by atoms with E-state index in [4.69, 9.17) is 0 Å². The molecule has 0 fully saturated rings. The number of hydrogen-bond acceptors (Lipinski definition) is 2. The minimum Gasteiger partial charge on any atom is -0.310 e. The van der Waals surface area contributed by atoms with Crippen molar-refractivity contribution in [3.05, 3.63) is 230 Å². The molecule has 308 valence electrons. The second-order valence-corrected chi connectivity index (χ2v) is 30.0. The van der Waals surface area contributed by atoms with Crippen molar-refractivity contribution in [1.82, 2.24) is 0 Å². The van der Waals surface area contributed by atoms with Crippen LogP contribution in [0, 0.1) is 0 Å². The maximum absolute atomic E-state index is 2.62. The van der Waals surface area contributed by atoms with Gasteiger partial charge in [0.15, 0.2) is 0 Å². The fourth-order valence-electron chi connectivity index (χ4n) is 11.0. The van der Waals surface area contributed by atoms with Crippen LogP contribution in [0.2, 0.25) is 39.3 Å². The molecule has 10 rings (SSSR count). The summed E-state index contributed by atoms with van der Waals surface area (Å²) in [6, 6.07) is 80.5. The molecule has 4 heteroatoms. The lowest BCUT2D eigenvalue weighted by Crippen LogP contribution is -2.63. The van der Waals surface area contributed by atoms with E-state index in [1.807, 2.05) is 0 Å². The first-order valence-electron chi connectivity index (χ1n) is 22.3.